The molecule has 0 fully saturated rings. The zero-order chi connectivity index (χ0) is 11.9. The summed E-state index contributed by atoms with van der Waals surface area (Å²) in [6.45, 7) is 0. The van der Waals surface area contributed by atoms with Crippen LogP contribution in [0.3, 0.4) is 0 Å². The molecule has 0 unspecified atom stereocenters. The van der Waals surface area contributed by atoms with E-state index in [1.165, 1.54) is 4.57 Å². The predicted octanol–water partition coefficient (Wildman–Crippen LogP) is 0.796. The van der Waals surface area contributed by atoms with E-state index < -0.39 is 10.0 Å². The third kappa shape index (κ3) is 2.12. The van der Waals surface area contributed by atoms with Crippen LogP contribution in [0.5, 0.6) is 0 Å². The average Bonchev–Trinajstić information content (AvgIpc) is 2.70. The summed E-state index contributed by atoms with van der Waals surface area (Å²) in [4.78, 5) is 0. The first-order valence-electron chi connectivity index (χ1n) is 4.06. The molecule has 0 saturated carbocycles. The van der Waals surface area contributed by atoms with Crippen LogP contribution in [0.25, 0.3) is 11.4 Å². The summed E-state index contributed by atoms with van der Waals surface area (Å²) in [6.07, 6.45) is 0. The van der Waals surface area contributed by atoms with E-state index in [0.717, 1.165) is 8.45 Å². The molecule has 2 aromatic heterocycles. The number of aromatic nitrogens is 3. The van der Waals surface area contributed by atoms with Crippen LogP contribution in [0.1, 0.15) is 0 Å². The Morgan fingerprint density at radius 1 is 1.50 bits per heavy atom. The van der Waals surface area contributed by atoms with E-state index in [4.69, 9.17) is 5.14 Å². The Morgan fingerprint density at radius 3 is 2.62 bits per heavy atom. The molecule has 0 saturated heterocycles. The van der Waals surface area contributed by atoms with Gasteiger partial charge in [0.1, 0.15) is 0 Å². The summed E-state index contributed by atoms with van der Waals surface area (Å²) in [7, 11) is -2.25. The molecular weight excluding hydrogens is 363 g/mol. The van der Waals surface area contributed by atoms with Gasteiger partial charge < -0.3 is 0 Å². The van der Waals surface area contributed by atoms with Crippen LogP contribution in [0.2, 0.25) is 0 Å². The van der Waals surface area contributed by atoms with Gasteiger partial charge in [-0.25, -0.2) is 13.6 Å². The Labute approximate surface area is 110 Å². The molecule has 2 rings (SSSR count). The third-order valence-corrected chi connectivity index (χ3v) is 4.57. The van der Waals surface area contributed by atoms with Gasteiger partial charge in [0.2, 0.25) is 0 Å². The van der Waals surface area contributed by atoms with Gasteiger partial charge in [0.15, 0.2) is 5.82 Å². The zero-order valence-corrected chi connectivity index (χ0v) is 11.9. The molecule has 0 atom stereocenters. The fourth-order valence-electron chi connectivity index (χ4n) is 1.24. The van der Waals surface area contributed by atoms with Crippen molar-refractivity contribution in [2.45, 2.75) is 5.16 Å². The fourth-order valence-corrected chi connectivity index (χ4v) is 3.19. The Kier molecular flexibility index (Phi) is 3.03. The van der Waals surface area contributed by atoms with Crippen molar-refractivity contribution in [1.82, 2.24) is 14.8 Å². The second-order valence-corrected chi connectivity index (χ2v) is 7.31. The normalized spacial score (nSPS) is 11.9. The summed E-state index contributed by atoms with van der Waals surface area (Å²) in [5.41, 5.74) is 0.833. The fraction of sp³-hybridized carbons (Fsp3) is 0.143. The maximum absolute atomic E-state index is 11.2. The molecule has 9 heteroatoms. The summed E-state index contributed by atoms with van der Waals surface area (Å²) >= 11 is 3.73. The van der Waals surface area contributed by atoms with Gasteiger partial charge in [-0.05, 0) is 28.7 Å². The summed E-state index contributed by atoms with van der Waals surface area (Å²) < 4.78 is 24.8. The highest BCUT2D eigenvalue weighted by molar-refractivity contribution is 14.1. The van der Waals surface area contributed by atoms with Crippen LogP contribution in [-0.2, 0) is 17.1 Å². The molecule has 0 amide bonds. The number of sulfonamides is 1. The molecule has 2 heterocycles. The third-order valence-electron chi connectivity index (χ3n) is 1.92. The molecule has 0 radical (unpaired) electrons. The number of primary sulfonamides is 1. The quantitative estimate of drug-likeness (QED) is 0.792. The average molecular weight is 370 g/mol. The molecule has 2 N–H and O–H groups in total. The zero-order valence-electron chi connectivity index (χ0n) is 8.08. The van der Waals surface area contributed by atoms with Crippen molar-refractivity contribution in [1.29, 1.82) is 0 Å². The highest BCUT2D eigenvalue weighted by atomic mass is 127. The summed E-state index contributed by atoms with van der Waals surface area (Å²) in [5, 5.41) is 14.1. The molecule has 0 bridgehead atoms. The number of hydrogen-bond donors (Lipinski definition) is 1. The van der Waals surface area contributed by atoms with E-state index in [-0.39, 0.29) is 5.16 Å². The summed E-state index contributed by atoms with van der Waals surface area (Å²) in [5.74, 6) is 0.489. The molecule has 2 aromatic rings. The lowest BCUT2D eigenvalue weighted by molar-refractivity contribution is 0.580. The predicted molar refractivity (Wildman–Crippen MR) is 68.4 cm³/mol. The van der Waals surface area contributed by atoms with Crippen molar-refractivity contribution >= 4 is 44.0 Å². The van der Waals surface area contributed by atoms with Crippen molar-refractivity contribution in [2.24, 2.45) is 12.2 Å². The smallest absolute Gasteiger partial charge is 0.273 e. The van der Waals surface area contributed by atoms with Crippen molar-refractivity contribution < 1.29 is 8.42 Å². The molecule has 16 heavy (non-hydrogen) atoms. The van der Waals surface area contributed by atoms with Crippen molar-refractivity contribution in [3.63, 3.8) is 0 Å². The van der Waals surface area contributed by atoms with Gasteiger partial charge in [-0.15, -0.1) is 21.5 Å². The van der Waals surface area contributed by atoms with Crippen molar-refractivity contribution in [3.05, 3.63) is 14.3 Å². The molecule has 0 aromatic carbocycles. The molecule has 0 aliphatic rings. The SMILES string of the molecule is Cn1c(-c2csc(I)c2)nnc1S(N)(=O)=O. The number of nitrogens with two attached hydrogens (primary N) is 1. The van der Waals surface area contributed by atoms with Crippen LogP contribution in [0.4, 0.5) is 0 Å². The Bertz CT molecular complexity index is 631. The number of hydrogen-bond acceptors (Lipinski definition) is 5. The maximum atomic E-state index is 11.2. The maximum Gasteiger partial charge on any atom is 0.273 e. The topological polar surface area (TPSA) is 90.9 Å². The molecule has 6 nitrogen and oxygen atoms in total. The highest BCUT2D eigenvalue weighted by Crippen LogP contribution is 2.25. The van der Waals surface area contributed by atoms with Gasteiger partial charge in [0.25, 0.3) is 15.2 Å². The first-order valence-corrected chi connectivity index (χ1v) is 7.56. The van der Waals surface area contributed by atoms with Gasteiger partial charge in [-0.1, -0.05) is 0 Å². The number of nitrogens with zero attached hydrogens (tertiary/aromatic N) is 3. The van der Waals surface area contributed by atoms with Crippen LogP contribution < -0.4 is 5.14 Å². The first-order chi connectivity index (χ1) is 7.39. The lowest BCUT2D eigenvalue weighted by Crippen LogP contribution is -2.17. The highest BCUT2D eigenvalue weighted by Gasteiger charge is 2.19. The second kappa shape index (κ2) is 4.05. The molecule has 0 spiro atoms. The van der Waals surface area contributed by atoms with E-state index in [1.807, 2.05) is 11.4 Å². The van der Waals surface area contributed by atoms with Crippen LogP contribution >= 0.6 is 33.9 Å². The van der Waals surface area contributed by atoms with E-state index in [2.05, 4.69) is 32.8 Å². The Balaban J connectivity index is 2.58. The van der Waals surface area contributed by atoms with Gasteiger partial charge in [0.05, 0.1) is 2.88 Å². The molecule has 0 aliphatic heterocycles. The minimum atomic E-state index is -3.82. The lowest BCUT2D eigenvalue weighted by atomic mass is 10.3. The summed E-state index contributed by atoms with van der Waals surface area (Å²) in [6, 6.07) is 1.90. The minimum absolute atomic E-state index is 0.233. The molecule has 0 aliphatic carbocycles. The van der Waals surface area contributed by atoms with Gasteiger partial charge in [-0.3, -0.25) is 4.57 Å². The van der Waals surface area contributed by atoms with E-state index in [1.54, 1.807) is 18.4 Å². The minimum Gasteiger partial charge on any atom is -0.300 e. The van der Waals surface area contributed by atoms with E-state index in [9.17, 15) is 8.42 Å². The Morgan fingerprint density at radius 2 is 2.19 bits per heavy atom. The number of rotatable bonds is 2. The van der Waals surface area contributed by atoms with Crippen LogP contribution in [0, 0.1) is 2.88 Å². The van der Waals surface area contributed by atoms with Crippen LogP contribution in [0.15, 0.2) is 16.6 Å². The van der Waals surface area contributed by atoms with E-state index >= 15 is 0 Å². The monoisotopic (exact) mass is 370 g/mol. The van der Waals surface area contributed by atoms with Crippen LogP contribution in [-0.4, -0.2) is 23.2 Å². The lowest BCUT2D eigenvalue weighted by Gasteiger charge is -1.99. The van der Waals surface area contributed by atoms with Crippen molar-refractivity contribution in [3.8, 4) is 11.4 Å². The van der Waals surface area contributed by atoms with Gasteiger partial charge >= 0.3 is 0 Å². The standard InChI is InChI=1S/C7H7IN4O2S2/c1-12-6(4-2-5(8)15-3-4)10-11-7(12)16(9,13)14/h2-3H,1H3,(H2,9,13,14). The number of halogens is 1. The van der Waals surface area contributed by atoms with Gasteiger partial charge in [0, 0.05) is 18.0 Å². The first kappa shape index (κ1) is 12.0. The Hall–Kier alpha value is -0.520. The van der Waals surface area contributed by atoms with Crippen molar-refractivity contribution in [2.75, 3.05) is 0 Å². The second-order valence-electron chi connectivity index (χ2n) is 3.05. The van der Waals surface area contributed by atoms with Gasteiger partial charge in [-0.2, -0.15) is 0 Å². The largest absolute Gasteiger partial charge is 0.300 e. The molecule has 86 valence electrons. The number of thiophene rings is 1. The molecular formula is C7H7IN4O2S2. The van der Waals surface area contributed by atoms with E-state index in [0.29, 0.717) is 5.82 Å².